The van der Waals surface area contributed by atoms with Gasteiger partial charge in [-0.2, -0.15) is 5.10 Å². The number of phenolic OH excluding ortho intramolecular Hbond substituents is 1. The number of hydrogen-bond acceptors (Lipinski definition) is 5. The molecule has 102 valence electrons. The average Bonchev–Trinajstić information content (AvgIpc) is 2.42. The molecule has 0 radical (unpaired) electrons. The van der Waals surface area contributed by atoms with Gasteiger partial charge in [-0.15, -0.1) is 0 Å². The molecule has 0 saturated carbocycles. The minimum atomic E-state index is -0.173. The van der Waals surface area contributed by atoms with Crippen LogP contribution in [-0.2, 0) is 9.53 Å². The van der Waals surface area contributed by atoms with Gasteiger partial charge in [-0.05, 0) is 12.1 Å². The molecule has 1 amide bonds. The zero-order valence-corrected chi connectivity index (χ0v) is 10.6. The number of nitrogens with one attached hydrogen (secondary N) is 1. The number of ether oxygens (including phenoxy) is 1. The number of para-hydroxylation sites is 1. The first-order valence-electron chi connectivity index (χ1n) is 6.16. The minimum Gasteiger partial charge on any atom is -0.507 e. The number of phenols is 1. The number of carbonyl (C=O) groups is 1. The van der Waals surface area contributed by atoms with Gasteiger partial charge in [0, 0.05) is 18.7 Å². The Morgan fingerprint density at radius 1 is 1.42 bits per heavy atom. The van der Waals surface area contributed by atoms with Gasteiger partial charge in [-0.1, -0.05) is 12.1 Å². The number of carbonyl (C=O) groups excluding carboxylic acids is 1. The van der Waals surface area contributed by atoms with Gasteiger partial charge in [0.2, 0.25) is 0 Å². The van der Waals surface area contributed by atoms with Gasteiger partial charge in [0.25, 0.3) is 5.91 Å². The summed E-state index contributed by atoms with van der Waals surface area (Å²) in [6, 6.07) is 6.80. The van der Waals surface area contributed by atoms with E-state index in [4.69, 9.17) is 4.74 Å². The van der Waals surface area contributed by atoms with Crippen LogP contribution in [-0.4, -0.2) is 55.0 Å². The quantitative estimate of drug-likeness (QED) is 0.600. The third-order valence-corrected chi connectivity index (χ3v) is 2.80. The summed E-state index contributed by atoms with van der Waals surface area (Å²) in [4.78, 5) is 13.6. The molecule has 1 aromatic rings. The second kappa shape index (κ2) is 6.86. The highest BCUT2D eigenvalue weighted by Crippen LogP contribution is 2.12. The van der Waals surface area contributed by atoms with E-state index in [2.05, 4.69) is 10.5 Å². The molecule has 1 aliphatic heterocycles. The van der Waals surface area contributed by atoms with Crippen LogP contribution >= 0.6 is 0 Å². The third-order valence-electron chi connectivity index (χ3n) is 2.80. The number of hydrogen-bond donors (Lipinski definition) is 2. The Morgan fingerprint density at radius 3 is 2.89 bits per heavy atom. The number of morpholine rings is 1. The second-order valence-corrected chi connectivity index (χ2v) is 4.24. The molecule has 2 N–H and O–H groups in total. The normalized spacial score (nSPS) is 16.6. The molecule has 0 unspecified atom stereocenters. The summed E-state index contributed by atoms with van der Waals surface area (Å²) >= 11 is 0. The number of aromatic hydroxyl groups is 1. The molecule has 1 aliphatic rings. The Bertz CT molecular complexity index is 456. The molecule has 0 aromatic heterocycles. The van der Waals surface area contributed by atoms with Crippen LogP contribution in [0.1, 0.15) is 5.56 Å². The zero-order valence-electron chi connectivity index (χ0n) is 10.6. The lowest BCUT2D eigenvalue weighted by molar-refractivity contribution is -0.123. The lowest BCUT2D eigenvalue weighted by Crippen LogP contribution is -2.42. The van der Waals surface area contributed by atoms with Crippen molar-refractivity contribution in [3.8, 4) is 5.75 Å². The van der Waals surface area contributed by atoms with Crippen molar-refractivity contribution >= 4 is 12.1 Å². The van der Waals surface area contributed by atoms with Crippen LogP contribution in [0.2, 0.25) is 0 Å². The third kappa shape index (κ3) is 4.35. The summed E-state index contributed by atoms with van der Waals surface area (Å²) in [5.41, 5.74) is 3.01. The molecule has 1 saturated heterocycles. The first kappa shape index (κ1) is 13.5. The Balaban J connectivity index is 1.78. The van der Waals surface area contributed by atoms with Crippen LogP contribution in [0.4, 0.5) is 0 Å². The van der Waals surface area contributed by atoms with Gasteiger partial charge in [-0.3, -0.25) is 9.69 Å². The summed E-state index contributed by atoms with van der Waals surface area (Å²) < 4.78 is 5.20. The molecular weight excluding hydrogens is 246 g/mol. The predicted molar refractivity (Wildman–Crippen MR) is 71.1 cm³/mol. The molecule has 2 rings (SSSR count). The Morgan fingerprint density at radius 2 is 2.16 bits per heavy atom. The molecular formula is C13H17N3O3. The van der Waals surface area contributed by atoms with Gasteiger partial charge in [-0.25, -0.2) is 5.43 Å². The molecule has 19 heavy (non-hydrogen) atoms. The molecule has 6 heteroatoms. The van der Waals surface area contributed by atoms with Crippen molar-refractivity contribution in [2.75, 3.05) is 32.8 Å². The van der Waals surface area contributed by atoms with E-state index in [1.165, 1.54) is 6.21 Å². The van der Waals surface area contributed by atoms with Crippen molar-refractivity contribution < 1.29 is 14.6 Å². The molecule has 1 aromatic carbocycles. The van der Waals surface area contributed by atoms with E-state index in [1.54, 1.807) is 24.3 Å². The van der Waals surface area contributed by atoms with Crippen LogP contribution in [0, 0.1) is 0 Å². The van der Waals surface area contributed by atoms with Gasteiger partial charge in [0.15, 0.2) is 0 Å². The van der Waals surface area contributed by atoms with Crippen molar-refractivity contribution in [2.45, 2.75) is 0 Å². The van der Waals surface area contributed by atoms with Gasteiger partial charge in [0.1, 0.15) is 5.75 Å². The zero-order chi connectivity index (χ0) is 13.5. The van der Waals surface area contributed by atoms with E-state index in [0.29, 0.717) is 25.3 Å². The first-order valence-corrected chi connectivity index (χ1v) is 6.16. The van der Waals surface area contributed by atoms with Gasteiger partial charge >= 0.3 is 0 Å². The fourth-order valence-corrected chi connectivity index (χ4v) is 1.77. The van der Waals surface area contributed by atoms with Crippen LogP contribution in [0.5, 0.6) is 5.75 Å². The summed E-state index contributed by atoms with van der Waals surface area (Å²) in [6.45, 7) is 3.15. The van der Waals surface area contributed by atoms with Crippen molar-refractivity contribution in [1.29, 1.82) is 0 Å². The highest BCUT2D eigenvalue weighted by molar-refractivity contribution is 5.85. The summed E-state index contributed by atoms with van der Waals surface area (Å²) in [7, 11) is 0. The minimum absolute atomic E-state index is 0.133. The molecule has 0 atom stereocenters. The maximum Gasteiger partial charge on any atom is 0.254 e. The maximum absolute atomic E-state index is 11.6. The van der Waals surface area contributed by atoms with Crippen LogP contribution in [0.15, 0.2) is 29.4 Å². The number of amides is 1. The number of nitrogens with zero attached hydrogens (tertiary/aromatic N) is 2. The first-order chi connectivity index (χ1) is 9.25. The monoisotopic (exact) mass is 263 g/mol. The Kier molecular flexibility index (Phi) is 4.88. The van der Waals surface area contributed by atoms with Crippen molar-refractivity contribution in [2.24, 2.45) is 5.10 Å². The molecule has 6 nitrogen and oxygen atoms in total. The number of rotatable bonds is 4. The highest BCUT2D eigenvalue weighted by Gasteiger charge is 2.13. The number of benzene rings is 1. The standard InChI is InChI=1S/C13H17N3O3/c17-12-4-2-1-3-11(12)9-14-15-13(18)10-16-5-7-19-8-6-16/h1-4,9,17H,5-8,10H2,(H,15,18)/b14-9+. The van der Waals surface area contributed by atoms with Crippen LogP contribution in [0.3, 0.4) is 0 Å². The summed E-state index contributed by atoms with van der Waals surface area (Å²) in [6.07, 6.45) is 1.42. The van der Waals surface area contributed by atoms with E-state index in [0.717, 1.165) is 13.1 Å². The van der Waals surface area contributed by atoms with Crippen LogP contribution in [0.25, 0.3) is 0 Å². The van der Waals surface area contributed by atoms with E-state index in [-0.39, 0.29) is 11.7 Å². The molecule has 0 bridgehead atoms. The van der Waals surface area contributed by atoms with E-state index in [1.807, 2.05) is 4.90 Å². The lowest BCUT2D eigenvalue weighted by atomic mass is 10.2. The van der Waals surface area contributed by atoms with Crippen LogP contribution < -0.4 is 5.43 Å². The molecule has 1 fully saturated rings. The SMILES string of the molecule is O=C(CN1CCOCC1)N/N=C/c1ccccc1O. The summed E-state index contributed by atoms with van der Waals surface area (Å²) in [5.74, 6) is -0.0396. The summed E-state index contributed by atoms with van der Waals surface area (Å²) in [5, 5.41) is 13.3. The smallest absolute Gasteiger partial charge is 0.254 e. The van der Waals surface area contributed by atoms with Gasteiger partial charge < -0.3 is 9.84 Å². The predicted octanol–water partition coefficient (Wildman–Crippen LogP) is 0.175. The van der Waals surface area contributed by atoms with E-state index >= 15 is 0 Å². The maximum atomic E-state index is 11.6. The van der Waals surface area contributed by atoms with E-state index < -0.39 is 0 Å². The largest absolute Gasteiger partial charge is 0.507 e. The Hall–Kier alpha value is -1.92. The highest BCUT2D eigenvalue weighted by atomic mass is 16.5. The van der Waals surface area contributed by atoms with Crippen molar-refractivity contribution in [1.82, 2.24) is 10.3 Å². The fourth-order valence-electron chi connectivity index (χ4n) is 1.77. The Labute approximate surface area is 111 Å². The fraction of sp³-hybridized carbons (Fsp3) is 0.385. The van der Waals surface area contributed by atoms with Crippen molar-refractivity contribution in [3.05, 3.63) is 29.8 Å². The van der Waals surface area contributed by atoms with Gasteiger partial charge in [0.05, 0.1) is 26.0 Å². The molecule has 0 aliphatic carbocycles. The molecule has 0 spiro atoms. The van der Waals surface area contributed by atoms with E-state index in [9.17, 15) is 9.90 Å². The lowest BCUT2D eigenvalue weighted by Gasteiger charge is -2.25. The van der Waals surface area contributed by atoms with Crippen molar-refractivity contribution in [3.63, 3.8) is 0 Å². The molecule has 1 heterocycles. The second-order valence-electron chi connectivity index (χ2n) is 4.24. The average molecular weight is 263 g/mol. The number of hydrazone groups is 1. The topological polar surface area (TPSA) is 74.2 Å².